The van der Waals surface area contributed by atoms with Crippen LogP contribution < -0.4 is 0 Å². The van der Waals surface area contributed by atoms with Gasteiger partial charge in [0.15, 0.2) is 13.2 Å². The predicted octanol–water partition coefficient (Wildman–Crippen LogP) is 1.40. The van der Waals surface area contributed by atoms with E-state index in [1.54, 1.807) is 26.0 Å². The minimum Gasteiger partial charge on any atom is -0.507 e. The van der Waals surface area contributed by atoms with E-state index < -0.39 is 37.0 Å². The fraction of sp³-hybridized carbons (Fsp3) is 0.333. The molecule has 0 aromatic heterocycles. The molecule has 0 bridgehead atoms. The zero-order valence-corrected chi connectivity index (χ0v) is 18.9. The number of phenols is 2. The molecule has 1 saturated heterocycles. The van der Waals surface area contributed by atoms with Crippen LogP contribution in [0.4, 0.5) is 0 Å². The molecular formula is C24H26N2O8. The molecule has 0 saturated carbocycles. The number of ether oxygens (including phenoxy) is 2. The normalized spacial score (nSPS) is 13.4. The molecule has 2 aromatic rings. The lowest BCUT2D eigenvalue weighted by Crippen LogP contribution is -2.52. The van der Waals surface area contributed by atoms with Gasteiger partial charge in [-0.15, -0.1) is 0 Å². The number of piperazine rings is 1. The minimum atomic E-state index is -0.805. The molecule has 2 aromatic carbocycles. The summed E-state index contributed by atoms with van der Waals surface area (Å²) in [5.41, 5.74) is 1.51. The summed E-state index contributed by atoms with van der Waals surface area (Å²) >= 11 is 0. The van der Waals surface area contributed by atoms with E-state index in [4.69, 9.17) is 9.47 Å². The second-order valence-electron chi connectivity index (χ2n) is 7.96. The van der Waals surface area contributed by atoms with Crippen molar-refractivity contribution in [3.05, 3.63) is 58.7 Å². The van der Waals surface area contributed by atoms with Gasteiger partial charge in [0.05, 0.1) is 0 Å². The van der Waals surface area contributed by atoms with Gasteiger partial charge in [-0.25, -0.2) is 9.59 Å². The maximum Gasteiger partial charge on any atom is 0.342 e. The van der Waals surface area contributed by atoms with Crippen LogP contribution in [0.15, 0.2) is 36.4 Å². The highest BCUT2D eigenvalue weighted by molar-refractivity contribution is 5.94. The first-order valence-electron chi connectivity index (χ1n) is 10.6. The second-order valence-corrected chi connectivity index (χ2v) is 7.96. The summed E-state index contributed by atoms with van der Waals surface area (Å²) in [5.74, 6) is -2.89. The van der Waals surface area contributed by atoms with E-state index in [0.717, 1.165) is 11.1 Å². The van der Waals surface area contributed by atoms with Gasteiger partial charge in [0.1, 0.15) is 22.6 Å². The molecule has 0 spiro atoms. The van der Waals surface area contributed by atoms with Crippen LogP contribution in [-0.2, 0) is 19.1 Å². The maximum atomic E-state index is 12.4. The Morgan fingerprint density at radius 1 is 0.706 bits per heavy atom. The van der Waals surface area contributed by atoms with Crippen LogP contribution in [-0.4, -0.2) is 83.2 Å². The maximum absolute atomic E-state index is 12.4. The Hall–Kier alpha value is -4.08. The minimum absolute atomic E-state index is 0.0256. The number of hydrogen-bond acceptors (Lipinski definition) is 8. The van der Waals surface area contributed by atoms with E-state index in [2.05, 4.69) is 0 Å². The molecule has 0 aliphatic carbocycles. The van der Waals surface area contributed by atoms with Crippen molar-refractivity contribution in [3.63, 3.8) is 0 Å². The van der Waals surface area contributed by atoms with E-state index in [1.807, 2.05) is 0 Å². The summed E-state index contributed by atoms with van der Waals surface area (Å²) in [5, 5.41) is 19.7. The van der Waals surface area contributed by atoms with Crippen molar-refractivity contribution in [1.82, 2.24) is 9.80 Å². The van der Waals surface area contributed by atoms with E-state index in [0.29, 0.717) is 0 Å². The van der Waals surface area contributed by atoms with Crippen molar-refractivity contribution < 1.29 is 38.9 Å². The smallest absolute Gasteiger partial charge is 0.342 e. The average molecular weight is 470 g/mol. The molecule has 3 rings (SSSR count). The number of carbonyl (C=O) groups excluding carboxylic acids is 4. The second kappa shape index (κ2) is 10.7. The van der Waals surface area contributed by atoms with E-state index in [1.165, 1.54) is 34.1 Å². The standard InChI is InChI=1S/C24H26N2O8/c1-15-3-5-17(19(27)11-15)23(31)33-13-21(29)25-7-9-26(10-8-25)22(30)14-34-24(32)18-6-4-16(2)12-20(18)28/h3-6,11-12,27-28H,7-10,13-14H2,1-2H3. The van der Waals surface area contributed by atoms with Crippen molar-refractivity contribution in [2.24, 2.45) is 0 Å². The highest BCUT2D eigenvalue weighted by atomic mass is 16.5. The van der Waals surface area contributed by atoms with Crippen molar-refractivity contribution in [1.29, 1.82) is 0 Å². The quantitative estimate of drug-likeness (QED) is 0.605. The molecule has 180 valence electrons. The fourth-order valence-corrected chi connectivity index (χ4v) is 3.43. The molecule has 0 atom stereocenters. The summed E-state index contributed by atoms with van der Waals surface area (Å²) in [6, 6.07) is 9.00. The molecule has 1 aliphatic heterocycles. The lowest BCUT2D eigenvalue weighted by Gasteiger charge is -2.34. The summed E-state index contributed by atoms with van der Waals surface area (Å²) < 4.78 is 10.0. The molecule has 0 unspecified atom stereocenters. The third kappa shape index (κ3) is 6.03. The van der Waals surface area contributed by atoms with Crippen molar-refractivity contribution in [2.45, 2.75) is 13.8 Å². The van der Waals surface area contributed by atoms with Crippen LogP contribution in [0.1, 0.15) is 31.8 Å². The number of nitrogens with zero attached hydrogens (tertiary/aromatic N) is 2. The highest BCUT2D eigenvalue weighted by Gasteiger charge is 2.26. The van der Waals surface area contributed by atoms with Crippen LogP contribution >= 0.6 is 0 Å². The Morgan fingerprint density at radius 3 is 1.38 bits per heavy atom. The van der Waals surface area contributed by atoms with Gasteiger partial charge in [-0.3, -0.25) is 9.59 Å². The van der Waals surface area contributed by atoms with Gasteiger partial charge < -0.3 is 29.5 Å². The van der Waals surface area contributed by atoms with Crippen LogP contribution in [0.3, 0.4) is 0 Å². The lowest BCUT2D eigenvalue weighted by atomic mass is 10.1. The van der Waals surface area contributed by atoms with Gasteiger partial charge in [0.25, 0.3) is 11.8 Å². The lowest BCUT2D eigenvalue weighted by molar-refractivity contribution is -0.142. The van der Waals surface area contributed by atoms with Crippen molar-refractivity contribution >= 4 is 23.8 Å². The third-order valence-electron chi connectivity index (χ3n) is 5.38. The Morgan fingerprint density at radius 2 is 1.06 bits per heavy atom. The summed E-state index contributed by atoms with van der Waals surface area (Å²) in [4.78, 5) is 51.9. The van der Waals surface area contributed by atoms with Crippen LogP contribution in [0.5, 0.6) is 11.5 Å². The molecule has 1 fully saturated rings. The number of phenolic OH excluding ortho intramolecular Hbond substituents is 2. The molecule has 1 heterocycles. The summed E-state index contributed by atoms with van der Waals surface area (Å²) in [6.07, 6.45) is 0. The van der Waals surface area contributed by atoms with Crippen molar-refractivity contribution in [3.8, 4) is 11.5 Å². The SMILES string of the molecule is Cc1ccc(C(=O)OCC(=O)N2CCN(C(=O)COC(=O)c3ccc(C)cc3O)CC2)c(O)c1. The van der Waals surface area contributed by atoms with Crippen LogP contribution in [0.2, 0.25) is 0 Å². The first-order chi connectivity index (χ1) is 16.2. The number of rotatable bonds is 6. The number of benzene rings is 2. The van der Waals surface area contributed by atoms with Gasteiger partial charge in [-0.1, -0.05) is 12.1 Å². The summed E-state index contributed by atoms with van der Waals surface area (Å²) in [6.45, 7) is 3.46. The average Bonchev–Trinajstić information content (AvgIpc) is 2.80. The molecule has 2 amide bonds. The molecule has 1 aliphatic rings. The van der Waals surface area contributed by atoms with E-state index in [9.17, 15) is 29.4 Å². The summed E-state index contributed by atoms with van der Waals surface area (Å²) in [7, 11) is 0. The first kappa shape index (κ1) is 24.6. The number of amides is 2. The first-order valence-corrected chi connectivity index (χ1v) is 10.6. The zero-order chi connectivity index (χ0) is 24.8. The van der Waals surface area contributed by atoms with Crippen molar-refractivity contribution in [2.75, 3.05) is 39.4 Å². The number of aromatic hydroxyl groups is 2. The Balaban J connectivity index is 1.42. The van der Waals surface area contributed by atoms with E-state index >= 15 is 0 Å². The Labute approximate surface area is 196 Å². The number of carbonyl (C=O) groups is 4. The van der Waals surface area contributed by atoms with Crippen LogP contribution in [0.25, 0.3) is 0 Å². The largest absolute Gasteiger partial charge is 0.507 e. The van der Waals surface area contributed by atoms with Gasteiger partial charge in [0.2, 0.25) is 0 Å². The van der Waals surface area contributed by atoms with E-state index in [-0.39, 0.29) is 48.8 Å². The molecule has 10 nitrogen and oxygen atoms in total. The number of esters is 2. The molecule has 10 heteroatoms. The Bertz CT molecular complexity index is 1020. The molecular weight excluding hydrogens is 444 g/mol. The number of hydrogen-bond donors (Lipinski definition) is 2. The molecule has 34 heavy (non-hydrogen) atoms. The molecule has 2 N–H and O–H groups in total. The molecule has 0 radical (unpaired) electrons. The van der Waals surface area contributed by atoms with Crippen LogP contribution in [0, 0.1) is 13.8 Å². The third-order valence-corrected chi connectivity index (χ3v) is 5.38. The number of aryl methyl sites for hydroxylation is 2. The topological polar surface area (TPSA) is 134 Å². The van der Waals surface area contributed by atoms with Gasteiger partial charge in [-0.2, -0.15) is 0 Å². The van der Waals surface area contributed by atoms with Gasteiger partial charge in [-0.05, 0) is 49.2 Å². The monoisotopic (exact) mass is 470 g/mol. The van der Waals surface area contributed by atoms with Gasteiger partial charge in [0, 0.05) is 26.2 Å². The fourth-order valence-electron chi connectivity index (χ4n) is 3.43. The zero-order valence-electron chi connectivity index (χ0n) is 18.9. The Kier molecular flexibility index (Phi) is 7.72. The highest BCUT2D eigenvalue weighted by Crippen LogP contribution is 2.20. The van der Waals surface area contributed by atoms with Gasteiger partial charge >= 0.3 is 11.9 Å². The predicted molar refractivity (Wildman–Crippen MR) is 119 cm³/mol.